The van der Waals surface area contributed by atoms with Gasteiger partial charge in [0.25, 0.3) is 5.91 Å². The van der Waals surface area contributed by atoms with Crippen LogP contribution in [0.2, 0.25) is 0 Å². The fourth-order valence-electron chi connectivity index (χ4n) is 3.81. The molecule has 3 aromatic rings. The SMILES string of the molecule is CCOC(=O)C=C(C)N(CC(=O)OCc1ccccc1)C(=O)C(C)=Cc1ccc(C(=O)Oc2ccc(C(=N)N)cc2)cc1. The van der Waals surface area contributed by atoms with Crippen molar-refractivity contribution in [1.82, 2.24) is 4.90 Å². The number of hydrogen-bond acceptors (Lipinski definition) is 8. The van der Waals surface area contributed by atoms with E-state index >= 15 is 0 Å². The Morgan fingerprint density at radius 1 is 0.860 bits per heavy atom. The fourth-order valence-corrected chi connectivity index (χ4v) is 3.81. The number of amidine groups is 1. The molecule has 3 N–H and O–H groups in total. The molecule has 3 aromatic carbocycles. The third kappa shape index (κ3) is 9.82. The van der Waals surface area contributed by atoms with Gasteiger partial charge in [0.2, 0.25) is 0 Å². The van der Waals surface area contributed by atoms with Crippen molar-refractivity contribution >= 4 is 35.7 Å². The van der Waals surface area contributed by atoms with Crippen molar-refractivity contribution in [2.45, 2.75) is 27.4 Å². The van der Waals surface area contributed by atoms with Gasteiger partial charge in [-0.25, -0.2) is 9.59 Å². The van der Waals surface area contributed by atoms with Gasteiger partial charge in [-0.1, -0.05) is 42.5 Å². The Hall–Kier alpha value is -5.51. The maximum Gasteiger partial charge on any atom is 0.343 e. The van der Waals surface area contributed by atoms with Gasteiger partial charge in [0.05, 0.1) is 12.2 Å². The molecule has 222 valence electrons. The van der Waals surface area contributed by atoms with E-state index in [1.165, 1.54) is 6.92 Å². The molecule has 0 radical (unpaired) electrons. The van der Waals surface area contributed by atoms with Gasteiger partial charge in [0.15, 0.2) is 0 Å². The number of hydrogen-bond donors (Lipinski definition) is 2. The summed E-state index contributed by atoms with van der Waals surface area (Å²) in [5, 5.41) is 7.44. The molecule has 0 saturated heterocycles. The minimum absolute atomic E-state index is 0.0374. The van der Waals surface area contributed by atoms with Gasteiger partial charge in [-0.2, -0.15) is 0 Å². The normalized spacial score (nSPS) is 11.3. The lowest BCUT2D eigenvalue weighted by Gasteiger charge is -2.23. The summed E-state index contributed by atoms with van der Waals surface area (Å²) in [6.07, 6.45) is 2.74. The van der Waals surface area contributed by atoms with E-state index in [2.05, 4.69) is 0 Å². The summed E-state index contributed by atoms with van der Waals surface area (Å²) in [7, 11) is 0. The standard InChI is InChI=1S/C33H33N3O7/c1-4-41-29(37)19-23(3)36(20-30(38)42-21-25-8-6-5-7-9-25)32(39)22(2)18-24-10-12-27(13-11-24)33(40)43-28-16-14-26(15-17-28)31(34)35/h5-19H,4,20-21H2,1-3H3,(H3,34,35). The van der Waals surface area contributed by atoms with E-state index in [1.807, 2.05) is 30.3 Å². The molecular formula is C33H33N3O7. The quantitative estimate of drug-likeness (QED) is 0.103. The van der Waals surface area contributed by atoms with Gasteiger partial charge in [-0.05, 0) is 74.4 Å². The van der Waals surface area contributed by atoms with Crippen molar-refractivity contribution in [2.75, 3.05) is 13.2 Å². The zero-order valence-electron chi connectivity index (χ0n) is 24.2. The molecule has 0 spiro atoms. The van der Waals surface area contributed by atoms with Crippen LogP contribution >= 0.6 is 0 Å². The van der Waals surface area contributed by atoms with Crippen LogP contribution in [0.1, 0.15) is 47.8 Å². The molecule has 0 atom stereocenters. The first-order chi connectivity index (χ1) is 20.6. The Bertz CT molecular complexity index is 1530. The number of nitrogens with zero attached hydrogens (tertiary/aromatic N) is 1. The van der Waals surface area contributed by atoms with E-state index in [0.717, 1.165) is 16.5 Å². The monoisotopic (exact) mass is 583 g/mol. The van der Waals surface area contributed by atoms with Crippen LogP contribution in [0.15, 0.2) is 96.2 Å². The van der Waals surface area contributed by atoms with E-state index in [4.69, 9.17) is 25.4 Å². The molecule has 10 heteroatoms. The summed E-state index contributed by atoms with van der Waals surface area (Å²) >= 11 is 0. The number of nitrogens with two attached hydrogens (primary N) is 1. The zero-order chi connectivity index (χ0) is 31.4. The number of nitrogen functional groups attached to an aromatic ring is 1. The maximum atomic E-state index is 13.4. The lowest BCUT2D eigenvalue weighted by atomic mass is 10.1. The van der Waals surface area contributed by atoms with Gasteiger partial charge in [-0.3, -0.25) is 15.0 Å². The molecule has 0 saturated carbocycles. The molecular weight excluding hydrogens is 550 g/mol. The first-order valence-electron chi connectivity index (χ1n) is 13.4. The topological polar surface area (TPSA) is 149 Å². The molecule has 0 aliphatic heterocycles. The highest BCUT2D eigenvalue weighted by Crippen LogP contribution is 2.17. The van der Waals surface area contributed by atoms with Crippen LogP contribution in [0.3, 0.4) is 0 Å². The highest BCUT2D eigenvalue weighted by Gasteiger charge is 2.22. The molecule has 43 heavy (non-hydrogen) atoms. The molecule has 0 fully saturated rings. The summed E-state index contributed by atoms with van der Waals surface area (Å²) in [5.74, 6) is -2.19. The Labute approximate surface area is 249 Å². The van der Waals surface area contributed by atoms with E-state index in [-0.39, 0.29) is 35.9 Å². The Morgan fingerprint density at radius 2 is 1.49 bits per heavy atom. The highest BCUT2D eigenvalue weighted by atomic mass is 16.5. The number of esters is 3. The summed E-state index contributed by atoms with van der Waals surface area (Å²) in [6.45, 7) is 4.54. The van der Waals surface area contributed by atoms with Crippen LogP contribution in [-0.4, -0.2) is 47.7 Å². The third-order valence-corrected chi connectivity index (χ3v) is 6.06. The van der Waals surface area contributed by atoms with Crippen LogP contribution in [0, 0.1) is 5.41 Å². The molecule has 0 aliphatic rings. The van der Waals surface area contributed by atoms with E-state index in [0.29, 0.717) is 16.9 Å². The maximum absolute atomic E-state index is 13.4. The number of amides is 1. The average molecular weight is 584 g/mol. The molecule has 1 amide bonds. The van der Waals surface area contributed by atoms with Crippen LogP contribution < -0.4 is 10.5 Å². The van der Waals surface area contributed by atoms with Gasteiger partial charge >= 0.3 is 17.9 Å². The number of allylic oxidation sites excluding steroid dienone is 1. The molecule has 3 rings (SSSR count). The first-order valence-corrected chi connectivity index (χ1v) is 13.4. The van der Waals surface area contributed by atoms with Crippen LogP contribution in [0.5, 0.6) is 5.75 Å². The first kappa shape index (κ1) is 32.0. The number of nitrogens with one attached hydrogen (secondary N) is 1. The minimum Gasteiger partial charge on any atom is -0.463 e. The number of benzene rings is 3. The fraction of sp³-hybridized carbons (Fsp3) is 0.182. The van der Waals surface area contributed by atoms with Gasteiger partial charge in [-0.15, -0.1) is 0 Å². The second-order valence-corrected chi connectivity index (χ2v) is 9.35. The second-order valence-electron chi connectivity index (χ2n) is 9.35. The number of rotatable bonds is 12. The second kappa shape index (κ2) is 15.5. The van der Waals surface area contributed by atoms with Crippen LogP contribution in [0.25, 0.3) is 6.08 Å². The van der Waals surface area contributed by atoms with E-state index < -0.39 is 30.4 Å². The lowest BCUT2D eigenvalue weighted by molar-refractivity contribution is -0.148. The predicted octanol–water partition coefficient (Wildman–Crippen LogP) is 4.63. The van der Waals surface area contributed by atoms with Crippen LogP contribution in [-0.2, 0) is 30.5 Å². The minimum atomic E-state index is -0.652. The largest absolute Gasteiger partial charge is 0.463 e. The van der Waals surface area contributed by atoms with Crippen LogP contribution in [0.4, 0.5) is 0 Å². The van der Waals surface area contributed by atoms with Crippen molar-refractivity contribution in [2.24, 2.45) is 5.73 Å². The Balaban J connectivity index is 1.72. The average Bonchev–Trinajstić information content (AvgIpc) is 2.99. The smallest absolute Gasteiger partial charge is 0.343 e. The van der Waals surface area contributed by atoms with Crippen molar-refractivity contribution in [1.29, 1.82) is 5.41 Å². The zero-order valence-corrected chi connectivity index (χ0v) is 24.2. The van der Waals surface area contributed by atoms with Crippen molar-refractivity contribution < 1.29 is 33.4 Å². The summed E-state index contributed by atoms with van der Waals surface area (Å²) in [5.41, 5.74) is 8.13. The Morgan fingerprint density at radius 3 is 2.09 bits per heavy atom. The molecule has 0 aromatic heterocycles. The van der Waals surface area contributed by atoms with Gasteiger partial charge in [0.1, 0.15) is 24.7 Å². The van der Waals surface area contributed by atoms with Crippen molar-refractivity contribution in [3.63, 3.8) is 0 Å². The highest BCUT2D eigenvalue weighted by molar-refractivity contribution is 6.00. The lowest BCUT2D eigenvalue weighted by Crippen LogP contribution is -2.36. The molecule has 10 nitrogen and oxygen atoms in total. The summed E-state index contributed by atoms with van der Waals surface area (Å²) in [6, 6.07) is 21.8. The number of carbonyl (C=O) groups excluding carboxylic acids is 4. The molecule has 0 heterocycles. The summed E-state index contributed by atoms with van der Waals surface area (Å²) < 4.78 is 15.7. The third-order valence-electron chi connectivity index (χ3n) is 6.06. The molecule has 0 unspecified atom stereocenters. The molecule has 0 bridgehead atoms. The van der Waals surface area contributed by atoms with Crippen molar-refractivity contribution in [3.8, 4) is 5.75 Å². The van der Waals surface area contributed by atoms with Gasteiger partial charge < -0.3 is 24.8 Å². The summed E-state index contributed by atoms with van der Waals surface area (Å²) in [4.78, 5) is 51.9. The molecule has 0 aliphatic carbocycles. The number of ether oxygens (including phenoxy) is 3. The number of carbonyl (C=O) groups is 4. The van der Waals surface area contributed by atoms with Gasteiger partial charge in [0, 0.05) is 22.9 Å². The Kier molecular flexibility index (Phi) is 11.5. The van der Waals surface area contributed by atoms with E-state index in [1.54, 1.807) is 68.5 Å². The predicted molar refractivity (Wildman–Crippen MR) is 161 cm³/mol. The van der Waals surface area contributed by atoms with E-state index in [9.17, 15) is 19.2 Å². The van der Waals surface area contributed by atoms with Crippen molar-refractivity contribution in [3.05, 3.63) is 118 Å².